The summed E-state index contributed by atoms with van der Waals surface area (Å²) in [7, 11) is 1.62. The van der Waals surface area contributed by atoms with E-state index in [2.05, 4.69) is 5.32 Å². The van der Waals surface area contributed by atoms with Crippen LogP contribution in [0.5, 0.6) is 11.5 Å². The molecular weight excluding hydrogens is 326 g/mol. The molecule has 2 aromatic rings. The minimum Gasteiger partial charge on any atom is -0.497 e. The lowest BCUT2D eigenvalue weighted by atomic mass is 10.1. The second kappa shape index (κ2) is 9.83. The molecule has 0 saturated heterocycles. The van der Waals surface area contributed by atoms with Crippen LogP contribution in [0.1, 0.15) is 18.4 Å². The normalized spacial score (nSPS) is 10.2. The minimum absolute atomic E-state index is 0.0156. The second-order valence-corrected chi connectivity index (χ2v) is 5.82. The van der Waals surface area contributed by atoms with Crippen molar-refractivity contribution in [2.45, 2.75) is 19.3 Å². The van der Waals surface area contributed by atoms with Gasteiger partial charge >= 0.3 is 0 Å². The molecule has 0 saturated carbocycles. The predicted octanol–water partition coefficient (Wildman–Crippen LogP) is 3.87. The molecule has 0 aliphatic rings. The van der Waals surface area contributed by atoms with Gasteiger partial charge in [-0.05, 0) is 54.8 Å². The number of unbranched alkanes of at least 4 members (excludes halogenated alkanes) is 1. The maximum atomic E-state index is 11.9. The van der Waals surface area contributed by atoms with Gasteiger partial charge in [-0.25, -0.2) is 0 Å². The molecule has 1 N–H and O–H groups in total. The Hall–Kier alpha value is -2.20. The molecule has 0 aromatic heterocycles. The number of ether oxygens (including phenoxy) is 2. The highest BCUT2D eigenvalue weighted by Crippen LogP contribution is 2.15. The molecule has 0 spiro atoms. The average Bonchev–Trinajstić information content (AvgIpc) is 2.59. The van der Waals surface area contributed by atoms with E-state index < -0.39 is 0 Å². The van der Waals surface area contributed by atoms with Crippen molar-refractivity contribution in [3.8, 4) is 11.5 Å². The predicted molar refractivity (Wildman–Crippen MR) is 95.9 cm³/mol. The van der Waals surface area contributed by atoms with Gasteiger partial charge in [0.05, 0.1) is 20.1 Å². The number of benzene rings is 2. The first-order valence-corrected chi connectivity index (χ1v) is 8.33. The van der Waals surface area contributed by atoms with Crippen molar-refractivity contribution in [3.63, 3.8) is 0 Å². The zero-order valence-corrected chi connectivity index (χ0v) is 14.5. The van der Waals surface area contributed by atoms with Crippen molar-refractivity contribution in [1.29, 1.82) is 0 Å². The molecule has 0 bridgehead atoms. The Balaban J connectivity index is 1.58. The van der Waals surface area contributed by atoms with E-state index in [0.29, 0.717) is 24.6 Å². The van der Waals surface area contributed by atoms with Crippen molar-refractivity contribution in [2.24, 2.45) is 0 Å². The summed E-state index contributed by atoms with van der Waals surface area (Å²) in [5, 5.41) is 3.62. The highest BCUT2D eigenvalue weighted by Gasteiger charge is 2.04. The molecule has 0 radical (unpaired) electrons. The van der Waals surface area contributed by atoms with Crippen LogP contribution in [0.25, 0.3) is 0 Å². The van der Waals surface area contributed by atoms with Gasteiger partial charge in [-0.15, -0.1) is 0 Å². The SMILES string of the molecule is COc1cccc(CC(=O)NCCCCOc2ccc(Cl)cc2)c1. The summed E-state index contributed by atoms with van der Waals surface area (Å²) in [6.07, 6.45) is 2.11. The highest BCUT2D eigenvalue weighted by atomic mass is 35.5. The van der Waals surface area contributed by atoms with Gasteiger partial charge in [-0.3, -0.25) is 4.79 Å². The Bertz CT molecular complexity index is 643. The first kappa shape index (κ1) is 18.1. The summed E-state index contributed by atoms with van der Waals surface area (Å²) >= 11 is 5.82. The summed E-state index contributed by atoms with van der Waals surface area (Å²) in [6, 6.07) is 14.8. The van der Waals surface area contributed by atoms with Crippen LogP contribution in [0.2, 0.25) is 5.02 Å². The van der Waals surface area contributed by atoms with Crippen LogP contribution in [0.3, 0.4) is 0 Å². The van der Waals surface area contributed by atoms with E-state index in [-0.39, 0.29) is 5.91 Å². The first-order valence-electron chi connectivity index (χ1n) is 7.95. The van der Waals surface area contributed by atoms with Crippen LogP contribution in [-0.4, -0.2) is 26.2 Å². The molecule has 0 aliphatic carbocycles. The molecule has 0 fully saturated rings. The minimum atomic E-state index is 0.0156. The Labute approximate surface area is 147 Å². The molecule has 0 atom stereocenters. The molecule has 4 nitrogen and oxygen atoms in total. The summed E-state index contributed by atoms with van der Waals surface area (Å²) < 4.78 is 10.8. The van der Waals surface area contributed by atoms with Crippen LogP contribution < -0.4 is 14.8 Å². The maximum absolute atomic E-state index is 11.9. The maximum Gasteiger partial charge on any atom is 0.224 e. The third-order valence-corrected chi connectivity index (χ3v) is 3.73. The number of hydrogen-bond donors (Lipinski definition) is 1. The van der Waals surface area contributed by atoms with Crippen LogP contribution in [0.4, 0.5) is 0 Å². The lowest BCUT2D eigenvalue weighted by Gasteiger charge is -2.08. The van der Waals surface area contributed by atoms with E-state index in [0.717, 1.165) is 29.9 Å². The standard InChI is InChI=1S/C19H22ClNO3/c1-23-18-6-4-5-15(13-18)14-19(22)21-11-2-3-12-24-17-9-7-16(20)8-10-17/h4-10,13H,2-3,11-12,14H2,1H3,(H,21,22). The fourth-order valence-corrected chi connectivity index (χ4v) is 2.33. The van der Waals surface area contributed by atoms with E-state index in [4.69, 9.17) is 21.1 Å². The Morgan fingerprint density at radius 1 is 1.08 bits per heavy atom. The van der Waals surface area contributed by atoms with Crippen LogP contribution >= 0.6 is 11.6 Å². The molecule has 5 heteroatoms. The van der Waals surface area contributed by atoms with Gasteiger partial charge in [0.2, 0.25) is 5.91 Å². The monoisotopic (exact) mass is 347 g/mol. The van der Waals surface area contributed by atoms with Crippen molar-refractivity contribution in [2.75, 3.05) is 20.3 Å². The molecule has 0 aliphatic heterocycles. The number of carbonyl (C=O) groups is 1. The first-order chi connectivity index (χ1) is 11.7. The Kier molecular flexibility index (Phi) is 7.43. The molecule has 24 heavy (non-hydrogen) atoms. The second-order valence-electron chi connectivity index (χ2n) is 5.39. The molecule has 128 valence electrons. The zero-order chi connectivity index (χ0) is 17.2. The summed E-state index contributed by atoms with van der Waals surface area (Å²) in [5.74, 6) is 1.59. The van der Waals surface area contributed by atoms with Crippen molar-refractivity contribution >= 4 is 17.5 Å². The summed E-state index contributed by atoms with van der Waals surface area (Å²) in [6.45, 7) is 1.26. The lowest BCUT2D eigenvalue weighted by Crippen LogP contribution is -2.26. The van der Waals surface area contributed by atoms with Crippen molar-refractivity contribution in [3.05, 3.63) is 59.1 Å². The van der Waals surface area contributed by atoms with Crippen molar-refractivity contribution in [1.82, 2.24) is 5.32 Å². The van der Waals surface area contributed by atoms with E-state index >= 15 is 0 Å². The molecule has 2 rings (SSSR count). The van der Waals surface area contributed by atoms with E-state index in [1.165, 1.54) is 0 Å². The van der Waals surface area contributed by atoms with Gasteiger partial charge < -0.3 is 14.8 Å². The fraction of sp³-hybridized carbons (Fsp3) is 0.316. The number of rotatable bonds is 9. The fourth-order valence-electron chi connectivity index (χ4n) is 2.21. The van der Waals surface area contributed by atoms with Crippen molar-refractivity contribution < 1.29 is 14.3 Å². The third kappa shape index (κ3) is 6.50. The van der Waals surface area contributed by atoms with Gasteiger partial charge in [0.15, 0.2) is 0 Å². The van der Waals surface area contributed by atoms with Gasteiger partial charge in [-0.1, -0.05) is 23.7 Å². The molecule has 0 unspecified atom stereocenters. The molecular formula is C19H22ClNO3. The lowest BCUT2D eigenvalue weighted by molar-refractivity contribution is -0.120. The molecule has 2 aromatic carbocycles. The number of halogens is 1. The number of amides is 1. The number of carbonyl (C=O) groups excluding carboxylic acids is 1. The quantitative estimate of drug-likeness (QED) is 0.700. The van der Waals surface area contributed by atoms with E-state index in [1.54, 1.807) is 19.2 Å². The van der Waals surface area contributed by atoms with Gasteiger partial charge in [-0.2, -0.15) is 0 Å². The Morgan fingerprint density at radius 3 is 2.62 bits per heavy atom. The van der Waals surface area contributed by atoms with Gasteiger partial charge in [0.25, 0.3) is 0 Å². The van der Waals surface area contributed by atoms with Crippen LogP contribution in [-0.2, 0) is 11.2 Å². The topological polar surface area (TPSA) is 47.6 Å². The summed E-state index contributed by atoms with van der Waals surface area (Å²) in [4.78, 5) is 11.9. The number of hydrogen-bond acceptors (Lipinski definition) is 3. The average molecular weight is 348 g/mol. The molecule has 0 heterocycles. The van der Waals surface area contributed by atoms with E-state index in [9.17, 15) is 4.79 Å². The highest BCUT2D eigenvalue weighted by molar-refractivity contribution is 6.30. The van der Waals surface area contributed by atoms with E-state index in [1.807, 2.05) is 36.4 Å². The largest absolute Gasteiger partial charge is 0.497 e. The smallest absolute Gasteiger partial charge is 0.224 e. The van der Waals surface area contributed by atoms with Crippen LogP contribution in [0.15, 0.2) is 48.5 Å². The summed E-state index contributed by atoms with van der Waals surface area (Å²) in [5.41, 5.74) is 0.943. The number of methoxy groups -OCH3 is 1. The number of nitrogens with one attached hydrogen (secondary N) is 1. The van der Waals surface area contributed by atoms with Gasteiger partial charge in [0, 0.05) is 11.6 Å². The van der Waals surface area contributed by atoms with Crippen LogP contribution in [0, 0.1) is 0 Å². The molecule has 1 amide bonds. The van der Waals surface area contributed by atoms with Gasteiger partial charge in [0.1, 0.15) is 11.5 Å². The Morgan fingerprint density at radius 2 is 1.88 bits per heavy atom. The zero-order valence-electron chi connectivity index (χ0n) is 13.8. The third-order valence-electron chi connectivity index (χ3n) is 3.47.